The highest BCUT2D eigenvalue weighted by molar-refractivity contribution is 6.58. The van der Waals surface area contributed by atoms with E-state index in [4.69, 9.17) is 0 Å². The van der Waals surface area contributed by atoms with E-state index < -0.39 is 40.6 Å². The second-order valence-corrected chi connectivity index (χ2v) is 11.6. The van der Waals surface area contributed by atoms with Crippen molar-refractivity contribution in [2.45, 2.75) is 64.2 Å². The molecule has 224 valence electrons. The van der Waals surface area contributed by atoms with Crippen LogP contribution < -0.4 is 9.91 Å². The zero-order chi connectivity index (χ0) is 30.8. The van der Waals surface area contributed by atoms with Crippen molar-refractivity contribution >= 4 is 46.2 Å². The summed E-state index contributed by atoms with van der Waals surface area (Å²) in [5.74, 6) is -4.45. The topological polar surface area (TPSA) is 107 Å². The monoisotopic (exact) mass is 589 g/mol. The van der Waals surface area contributed by atoms with E-state index in [9.17, 15) is 24.3 Å². The number of hydrazone groups is 1. The molecule has 0 unspecified atom stereocenters. The maximum atomic E-state index is 13.4. The number of hydrogen-bond acceptors (Lipinski definition) is 6. The first-order valence-electron chi connectivity index (χ1n) is 15.4. The number of anilines is 3. The summed E-state index contributed by atoms with van der Waals surface area (Å²) in [5.41, 5.74) is 4.00. The minimum absolute atomic E-state index is 0.346. The predicted octanol–water partition coefficient (Wildman–Crippen LogP) is 6.30. The molecule has 1 saturated carbocycles. The first-order chi connectivity index (χ1) is 21.4. The summed E-state index contributed by atoms with van der Waals surface area (Å²) in [4.78, 5) is 54.2. The Bertz CT molecular complexity index is 1670. The Hall–Kier alpha value is -4.85. The number of carboxylic acids is 1. The maximum Gasteiger partial charge on any atom is 0.357 e. The maximum absolute atomic E-state index is 13.4. The van der Waals surface area contributed by atoms with Gasteiger partial charge in [-0.2, -0.15) is 10.1 Å². The van der Waals surface area contributed by atoms with Crippen LogP contribution in [0.4, 0.5) is 17.1 Å². The molecule has 6 rings (SSSR count). The summed E-state index contributed by atoms with van der Waals surface area (Å²) < 4.78 is 0. The van der Waals surface area contributed by atoms with Crippen LogP contribution in [0.5, 0.6) is 0 Å². The molecule has 0 radical (unpaired) electrons. The molecule has 0 saturated heterocycles. The van der Waals surface area contributed by atoms with Gasteiger partial charge in [-0.3, -0.25) is 14.4 Å². The van der Waals surface area contributed by atoms with E-state index in [-0.39, 0.29) is 5.57 Å². The van der Waals surface area contributed by atoms with Crippen molar-refractivity contribution in [2.24, 2.45) is 5.10 Å². The molecule has 2 aliphatic heterocycles. The Kier molecular flexibility index (Phi) is 8.24. The van der Waals surface area contributed by atoms with Crippen LogP contribution in [0.2, 0.25) is 0 Å². The summed E-state index contributed by atoms with van der Waals surface area (Å²) in [6.45, 7) is 3.03. The summed E-state index contributed by atoms with van der Waals surface area (Å²) in [6, 6.07) is 22.6. The lowest BCUT2D eigenvalue weighted by Crippen LogP contribution is -2.42. The second-order valence-electron chi connectivity index (χ2n) is 11.6. The molecule has 0 aromatic heterocycles. The van der Waals surface area contributed by atoms with E-state index in [1.165, 1.54) is 44.1 Å². The van der Waals surface area contributed by atoms with E-state index in [1.807, 2.05) is 12.1 Å². The van der Waals surface area contributed by atoms with Gasteiger partial charge in [0.2, 0.25) is 0 Å². The molecule has 1 amide bonds. The highest BCUT2D eigenvalue weighted by Crippen LogP contribution is 2.42. The third-order valence-corrected chi connectivity index (χ3v) is 8.71. The lowest BCUT2D eigenvalue weighted by molar-refractivity contribution is -0.133. The Morgan fingerprint density at radius 1 is 0.841 bits per heavy atom. The number of benzene rings is 3. The third kappa shape index (κ3) is 5.36. The number of para-hydroxylation sites is 1. The number of ketones is 2. The Balaban J connectivity index is 1.16. The third-order valence-electron chi connectivity index (χ3n) is 8.71. The van der Waals surface area contributed by atoms with Crippen molar-refractivity contribution in [3.05, 3.63) is 101 Å². The number of hydrogen-bond donors (Lipinski definition) is 1. The molecule has 44 heavy (non-hydrogen) atoms. The van der Waals surface area contributed by atoms with E-state index in [1.54, 1.807) is 36.4 Å². The number of carbonyl (C=O) groups excluding carboxylic acids is 3. The fourth-order valence-electron chi connectivity index (χ4n) is 6.34. The molecule has 2 heterocycles. The van der Waals surface area contributed by atoms with Crippen LogP contribution in [-0.4, -0.2) is 40.8 Å². The molecule has 1 aliphatic carbocycles. The molecule has 0 atom stereocenters. The first-order valence-corrected chi connectivity index (χ1v) is 15.4. The van der Waals surface area contributed by atoms with Gasteiger partial charge < -0.3 is 10.0 Å². The molecule has 1 fully saturated rings. The summed E-state index contributed by atoms with van der Waals surface area (Å²) >= 11 is 0. The van der Waals surface area contributed by atoms with Gasteiger partial charge in [-0.25, -0.2) is 4.79 Å². The molecular formula is C36H35N3O5. The predicted molar refractivity (Wildman–Crippen MR) is 169 cm³/mol. The molecule has 8 nitrogen and oxygen atoms in total. The molecular weight excluding hydrogens is 554 g/mol. The second kappa shape index (κ2) is 12.4. The van der Waals surface area contributed by atoms with Gasteiger partial charge in [-0.15, -0.1) is 0 Å². The van der Waals surface area contributed by atoms with Crippen LogP contribution in [0.25, 0.3) is 0 Å². The first kappa shape index (κ1) is 29.2. The average molecular weight is 590 g/mol. The van der Waals surface area contributed by atoms with Crippen molar-refractivity contribution in [3.63, 3.8) is 0 Å². The van der Waals surface area contributed by atoms with Crippen molar-refractivity contribution in [3.8, 4) is 0 Å². The number of carboxylic acid groups (broad SMARTS) is 1. The standard InChI is InChI=1S/C36H35N3O5/c1-2-3-4-5-6-8-11-23-14-17-26(18-15-23)38-21-20-24-22-25(16-19-28(24)38)29-33(40)31(34(29)41)30-32(36(43)44)37-39(35(30)42)27-12-9-7-10-13-27/h7,9-10,12-19,22,29H,2-6,8,11,20-21H2,1H3,(H,43,44). The van der Waals surface area contributed by atoms with Gasteiger partial charge in [-0.05, 0) is 66.3 Å². The van der Waals surface area contributed by atoms with Crippen LogP contribution in [0, 0.1) is 0 Å². The van der Waals surface area contributed by atoms with Crippen molar-refractivity contribution in [2.75, 3.05) is 16.5 Å². The SMILES string of the molecule is CCCCCCCCc1ccc(N2CCc3cc(C4C(=O)C(=C5C(=O)N(c6ccccc6)N=C5C(=O)O)C4=O)ccc32)cc1. The van der Waals surface area contributed by atoms with Crippen molar-refractivity contribution < 1.29 is 24.3 Å². The number of allylic oxidation sites excluding steroid dienone is 1. The van der Waals surface area contributed by atoms with Gasteiger partial charge in [0.05, 0.1) is 16.8 Å². The van der Waals surface area contributed by atoms with Crippen LogP contribution in [0.3, 0.4) is 0 Å². The fourth-order valence-corrected chi connectivity index (χ4v) is 6.34. The summed E-state index contributed by atoms with van der Waals surface area (Å²) in [5, 5.41) is 14.6. The minimum Gasteiger partial charge on any atom is -0.476 e. The van der Waals surface area contributed by atoms with Gasteiger partial charge in [0.1, 0.15) is 5.92 Å². The summed E-state index contributed by atoms with van der Waals surface area (Å²) in [6.07, 6.45) is 9.54. The highest BCUT2D eigenvalue weighted by atomic mass is 16.4. The number of amides is 1. The smallest absolute Gasteiger partial charge is 0.357 e. The number of aliphatic carboxylic acids is 1. The molecule has 0 spiro atoms. The lowest BCUT2D eigenvalue weighted by Gasteiger charge is -2.28. The molecule has 8 heteroatoms. The average Bonchev–Trinajstić information content (AvgIpc) is 3.61. The van der Waals surface area contributed by atoms with Gasteiger partial charge in [-0.1, -0.05) is 81.5 Å². The number of aryl methyl sites for hydroxylation is 1. The summed E-state index contributed by atoms with van der Waals surface area (Å²) in [7, 11) is 0. The Labute approximate surface area is 256 Å². The van der Waals surface area contributed by atoms with Crippen molar-refractivity contribution in [1.29, 1.82) is 0 Å². The van der Waals surface area contributed by atoms with E-state index >= 15 is 0 Å². The van der Waals surface area contributed by atoms with E-state index in [0.29, 0.717) is 11.3 Å². The lowest BCUT2D eigenvalue weighted by atomic mass is 9.70. The van der Waals surface area contributed by atoms with Gasteiger partial charge in [0.15, 0.2) is 17.3 Å². The van der Waals surface area contributed by atoms with E-state index in [2.05, 4.69) is 41.2 Å². The van der Waals surface area contributed by atoms with Crippen LogP contribution in [-0.2, 0) is 32.0 Å². The fraction of sp³-hybridized carbons (Fsp3) is 0.306. The Morgan fingerprint density at radius 2 is 1.55 bits per heavy atom. The number of unbranched alkanes of at least 4 members (excludes halogenated alkanes) is 5. The van der Waals surface area contributed by atoms with Crippen LogP contribution in [0.1, 0.15) is 68.1 Å². The zero-order valence-electron chi connectivity index (χ0n) is 24.8. The highest BCUT2D eigenvalue weighted by Gasteiger charge is 2.52. The number of rotatable bonds is 11. The number of fused-ring (bicyclic) bond motifs is 1. The van der Waals surface area contributed by atoms with Crippen molar-refractivity contribution in [1.82, 2.24) is 0 Å². The number of Topliss-reactive ketones (excluding diaryl/α,β-unsaturated/α-hetero) is 2. The molecule has 3 aromatic carbocycles. The molecule has 3 aliphatic rings. The number of carbonyl (C=O) groups is 4. The molecule has 1 N–H and O–H groups in total. The van der Waals surface area contributed by atoms with Crippen LogP contribution >= 0.6 is 0 Å². The zero-order valence-corrected chi connectivity index (χ0v) is 24.8. The van der Waals surface area contributed by atoms with Crippen LogP contribution in [0.15, 0.2) is 89.0 Å². The number of nitrogens with zero attached hydrogens (tertiary/aromatic N) is 3. The largest absolute Gasteiger partial charge is 0.476 e. The quantitative estimate of drug-likeness (QED) is 0.122. The normalized spacial score (nSPS) is 17.7. The Morgan fingerprint density at radius 3 is 2.25 bits per heavy atom. The van der Waals surface area contributed by atoms with Gasteiger partial charge in [0.25, 0.3) is 5.91 Å². The molecule has 0 bridgehead atoms. The minimum atomic E-state index is -1.48. The van der Waals surface area contributed by atoms with Gasteiger partial charge in [0, 0.05) is 17.9 Å². The molecule has 3 aromatic rings. The van der Waals surface area contributed by atoms with E-state index in [0.717, 1.165) is 41.3 Å². The van der Waals surface area contributed by atoms with Gasteiger partial charge >= 0.3 is 5.97 Å².